The molecule has 2 rings (SSSR count). The fourth-order valence-electron chi connectivity index (χ4n) is 2.45. The van der Waals surface area contributed by atoms with E-state index in [2.05, 4.69) is 0 Å². The van der Waals surface area contributed by atoms with E-state index in [0.717, 1.165) is 6.42 Å². The van der Waals surface area contributed by atoms with Crippen LogP contribution in [0.3, 0.4) is 0 Å². The van der Waals surface area contributed by atoms with Gasteiger partial charge in [0, 0.05) is 25.4 Å². The minimum absolute atomic E-state index is 0.111. The summed E-state index contributed by atoms with van der Waals surface area (Å²) in [5.74, 6) is 0.670. The monoisotopic (exact) mass is 197 g/mol. The average Bonchev–Trinajstić information content (AvgIpc) is 2.42. The van der Waals surface area contributed by atoms with E-state index in [1.807, 2.05) is 0 Å². The molecule has 2 fully saturated rings. The van der Waals surface area contributed by atoms with Crippen molar-refractivity contribution in [2.24, 2.45) is 5.92 Å². The molecule has 1 heterocycles. The fraction of sp³-hybridized carbons (Fsp3) is 0.800. The number of amides is 1. The summed E-state index contributed by atoms with van der Waals surface area (Å²) >= 11 is 0. The quantitative estimate of drug-likeness (QED) is 0.634. The van der Waals surface area contributed by atoms with Gasteiger partial charge in [0.1, 0.15) is 5.78 Å². The van der Waals surface area contributed by atoms with Crippen LogP contribution in [0.25, 0.3) is 0 Å². The van der Waals surface area contributed by atoms with Crippen molar-refractivity contribution in [2.75, 3.05) is 13.2 Å². The van der Waals surface area contributed by atoms with E-state index in [1.165, 1.54) is 0 Å². The number of hydrogen-bond acceptors (Lipinski definition) is 3. The number of carbonyl (C=O) groups is 2. The van der Waals surface area contributed by atoms with Gasteiger partial charge in [0.15, 0.2) is 0 Å². The number of ether oxygens (including phenoxy) is 1. The summed E-state index contributed by atoms with van der Waals surface area (Å²) in [6.07, 6.45) is 1.89. The van der Waals surface area contributed by atoms with Crippen molar-refractivity contribution in [2.45, 2.75) is 32.2 Å². The van der Waals surface area contributed by atoms with Crippen molar-refractivity contribution >= 4 is 11.9 Å². The van der Waals surface area contributed by atoms with Crippen LogP contribution < -0.4 is 0 Å². The molecule has 1 amide bonds. The zero-order valence-corrected chi connectivity index (χ0v) is 8.36. The van der Waals surface area contributed by atoms with Gasteiger partial charge in [-0.2, -0.15) is 0 Å². The maximum atomic E-state index is 11.5. The predicted octanol–water partition coefficient (Wildman–Crippen LogP) is 1.20. The summed E-state index contributed by atoms with van der Waals surface area (Å²) in [6, 6.07) is 0.111. The van der Waals surface area contributed by atoms with E-state index in [1.54, 1.807) is 11.8 Å². The van der Waals surface area contributed by atoms with Crippen LogP contribution >= 0.6 is 0 Å². The van der Waals surface area contributed by atoms with Crippen LogP contribution in [0.1, 0.15) is 26.2 Å². The lowest BCUT2D eigenvalue weighted by Crippen LogP contribution is -2.36. The molecule has 1 saturated heterocycles. The maximum Gasteiger partial charge on any atom is 0.410 e. The molecule has 1 aliphatic heterocycles. The number of carbonyl (C=O) groups excluding carboxylic acids is 2. The zero-order chi connectivity index (χ0) is 10.1. The first-order chi connectivity index (χ1) is 6.70. The second-order valence-corrected chi connectivity index (χ2v) is 4.05. The molecular weight excluding hydrogens is 182 g/mol. The number of Topliss-reactive ketones (excluding diaryl/α,β-unsaturated/α-hetero) is 1. The average molecular weight is 197 g/mol. The molecule has 2 aliphatic rings. The lowest BCUT2D eigenvalue weighted by molar-refractivity contribution is -0.121. The lowest BCUT2D eigenvalue weighted by Gasteiger charge is -2.22. The van der Waals surface area contributed by atoms with Gasteiger partial charge < -0.3 is 9.64 Å². The van der Waals surface area contributed by atoms with E-state index < -0.39 is 0 Å². The van der Waals surface area contributed by atoms with Crippen molar-refractivity contribution in [3.63, 3.8) is 0 Å². The Bertz CT molecular complexity index is 264. The van der Waals surface area contributed by atoms with Gasteiger partial charge in [-0.05, 0) is 19.3 Å². The van der Waals surface area contributed by atoms with Gasteiger partial charge in [0.25, 0.3) is 0 Å². The summed E-state index contributed by atoms with van der Waals surface area (Å²) in [4.78, 5) is 24.5. The largest absolute Gasteiger partial charge is 0.450 e. The smallest absolute Gasteiger partial charge is 0.410 e. The van der Waals surface area contributed by atoms with Gasteiger partial charge in [-0.3, -0.25) is 4.79 Å². The summed E-state index contributed by atoms with van der Waals surface area (Å²) in [7, 11) is 0. The Hall–Kier alpha value is -1.06. The Morgan fingerprint density at radius 1 is 1.57 bits per heavy atom. The Morgan fingerprint density at radius 2 is 2.36 bits per heavy atom. The fourth-order valence-corrected chi connectivity index (χ4v) is 2.45. The first-order valence-electron chi connectivity index (χ1n) is 5.15. The molecule has 78 valence electrons. The highest BCUT2D eigenvalue weighted by molar-refractivity contribution is 5.82. The van der Waals surface area contributed by atoms with Gasteiger partial charge in [-0.15, -0.1) is 0 Å². The number of hydrogen-bond donors (Lipinski definition) is 0. The van der Waals surface area contributed by atoms with Crippen molar-refractivity contribution < 1.29 is 14.3 Å². The van der Waals surface area contributed by atoms with Gasteiger partial charge in [0.2, 0.25) is 0 Å². The van der Waals surface area contributed by atoms with E-state index >= 15 is 0 Å². The van der Waals surface area contributed by atoms with Crippen LogP contribution in [0, 0.1) is 5.92 Å². The summed E-state index contributed by atoms with van der Waals surface area (Å²) in [5, 5.41) is 0. The standard InChI is InChI=1S/C10H15NO3/c1-2-14-10(13)11-6-7-3-8(11)5-9(12)4-7/h7-8H,2-6H2,1H3. The van der Waals surface area contributed by atoms with E-state index in [-0.39, 0.29) is 17.9 Å². The first kappa shape index (κ1) is 9.49. The SMILES string of the molecule is CCOC(=O)N1CC2CC(=O)CC1C2. The van der Waals surface area contributed by atoms with Gasteiger partial charge in [-0.25, -0.2) is 4.79 Å². The molecule has 2 atom stereocenters. The normalized spacial score (nSPS) is 30.6. The highest BCUT2D eigenvalue weighted by Gasteiger charge is 2.41. The number of fused-ring (bicyclic) bond motifs is 2. The van der Waals surface area contributed by atoms with Crippen LogP contribution in [0.4, 0.5) is 4.79 Å². The maximum absolute atomic E-state index is 11.5. The number of nitrogens with zero attached hydrogens (tertiary/aromatic N) is 1. The van der Waals surface area contributed by atoms with Crippen molar-refractivity contribution in [3.05, 3.63) is 0 Å². The Labute approximate surface area is 83.2 Å². The molecule has 1 aliphatic carbocycles. The third kappa shape index (κ3) is 1.61. The molecule has 0 radical (unpaired) electrons. The van der Waals surface area contributed by atoms with Crippen molar-refractivity contribution in [3.8, 4) is 0 Å². The highest BCUT2D eigenvalue weighted by atomic mass is 16.6. The molecule has 4 heteroatoms. The van der Waals surface area contributed by atoms with Crippen LogP contribution in [-0.4, -0.2) is 36.0 Å². The molecule has 0 aromatic heterocycles. The van der Waals surface area contributed by atoms with Gasteiger partial charge in [0.05, 0.1) is 6.61 Å². The van der Waals surface area contributed by atoms with Gasteiger partial charge >= 0.3 is 6.09 Å². The third-order valence-electron chi connectivity index (χ3n) is 2.98. The lowest BCUT2D eigenvalue weighted by atomic mass is 9.89. The van der Waals surface area contributed by atoms with E-state index in [4.69, 9.17) is 4.74 Å². The number of ketones is 1. The minimum atomic E-state index is -0.255. The molecule has 4 nitrogen and oxygen atoms in total. The highest BCUT2D eigenvalue weighted by Crippen LogP contribution is 2.33. The second kappa shape index (κ2) is 3.59. The van der Waals surface area contributed by atoms with Crippen LogP contribution in [0.15, 0.2) is 0 Å². The zero-order valence-electron chi connectivity index (χ0n) is 8.36. The van der Waals surface area contributed by atoms with Crippen LogP contribution in [-0.2, 0) is 9.53 Å². The predicted molar refractivity (Wildman–Crippen MR) is 49.9 cm³/mol. The van der Waals surface area contributed by atoms with E-state index in [9.17, 15) is 9.59 Å². The van der Waals surface area contributed by atoms with Crippen LogP contribution in [0.2, 0.25) is 0 Å². The third-order valence-corrected chi connectivity index (χ3v) is 2.98. The summed E-state index contributed by atoms with van der Waals surface area (Å²) in [5.41, 5.74) is 0. The molecule has 14 heavy (non-hydrogen) atoms. The van der Waals surface area contributed by atoms with E-state index in [0.29, 0.717) is 31.9 Å². The van der Waals surface area contributed by atoms with Crippen molar-refractivity contribution in [1.29, 1.82) is 0 Å². The molecule has 0 aromatic carbocycles. The van der Waals surface area contributed by atoms with Crippen LogP contribution in [0.5, 0.6) is 0 Å². The van der Waals surface area contributed by atoms with Gasteiger partial charge in [-0.1, -0.05) is 0 Å². The molecule has 0 N–H and O–H groups in total. The molecule has 0 spiro atoms. The molecule has 2 unspecified atom stereocenters. The Morgan fingerprint density at radius 3 is 3.07 bits per heavy atom. The summed E-state index contributed by atoms with van der Waals surface area (Å²) < 4.78 is 4.94. The molecule has 2 bridgehead atoms. The van der Waals surface area contributed by atoms with Crippen molar-refractivity contribution in [1.82, 2.24) is 4.90 Å². The molecule has 1 saturated carbocycles. The first-order valence-corrected chi connectivity index (χ1v) is 5.15. The minimum Gasteiger partial charge on any atom is -0.450 e. The Balaban J connectivity index is 2.02. The number of rotatable bonds is 1. The second-order valence-electron chi connectivity index (χ2n) is 4.05. The summed E-state index contributed by atoms with van der Waals surface area (Å²) in [6.45, 7) is 2.90. The Kier molecular flexibility index (Phi) is 2.44. The molecule has 0 aromatic rings. The topological polar surface area (TPSA) is 46.6 Å². The number of likely N-dealkylation sites (tertiary alicyclic amines) is 1. The molecular formula is C10H15NO3.